The predicted octanol–water partition coefficient (Wildman–Crippen LogP) is -0.815. The Hall–Kier alpha value is -0.600. The molecule has 0 fully saturated rings. The number of hydrogen-bond donors (Lipinski definition) is 0. The molecule has 0 heterocycles. The van der Waals surface area contributed by atoms with E-state index in [1.807, 2.05) is 44.4 Å². The van der Waals surface area contributed by atoms with Gasteiger partial charge in [-0.25, -0.2) is 0 Å². The number of nitrogens with zero attached hydrogens (tertiary/aromatic N) is 1. The highest BCUT2D eigenvalue weighted by Gasteiger charge is 2.16. The molecule has 0 aliphatic carbocycles. The highest BCUT2D eigenvalue weighted by atomic mass is 35.5. The second-order valence-electron chi connectivity index (χ2n) is 3.14. The molecule has 12 heavy (non-hydrogen) atoms. The lowest BCUT2D eigenvalue weighted by Gasteiger charge is -2.24. The molecule has 68 valence electrons. The van der Waals surface area contributed by atoms with Gasteiger partial charge in [0.15, 0.2) is 0 Å². The summed E-state index contributed by atoms with van der Waals surface area (Å²) in [5.74, 6) is 0. The lowest BCUT2D eigenvalue weighted by Crippen LogP contribution is -3.00. The van der Waals surface area contributed by atoms with E-state index < -0.39 is 0 Å². The molecule has 0 aromatic heterocycles. The van der Waals surface area contributed by atoms with Crippen molar-refractivity contribution < 1.29 is 16.8 Å². The monoisotopic (exact) mass is 189 g/mol. The minimum absolute atomic E-state index is 0. The predicted molar refractivity (Wildman–Crippen MR) is 46.1 cm³/mol. The Labute approximate surface area is 78.8 Å². The molecule has 1 aromatic carbocycles. The van der Waals surface area contributed by atoms with Crippen molar-refractivity contribution in [2.75, 3.05) is 20.9 Å². The van der Waals surface area contributed by atoms with Crippen molar-refractivity contribution in [3.63, 3.8) is 0 Å². The number of hydrogen-bond acceptors (Lipinski definition) is 0. The molecule has 0 aliphatic heterocycles. The zero-order chi connectivity index (χ0) is 8.32. The van der Waals surface area contributed by atoms with Crippen molar-refractivity contribution in [2.45, 2.75) is 0 Å². The van der Waals surface area contributed by atoms with Crippen molar-refractivity contribution in [3.8, 4) is 0 Å². The van der Waals surface area contributed by atoms with Crippen molar-refractivity contribution >= 4 is 5.69 Å². The van der Waals surface area contributed by atoms with Gasteiger partial charge in [-0.05, 0) is 12.1 Å². The first-order valence-electron chi connectivity index (χ1n) is 3.61. The minimum Gasteiger partial charge on any atom is -1.00 e. The summed E-state index contributed by atoms with van der Waals surface area (Å²) < 4.78 is 12.7. The lowest BCUT2D eigenvalue weighted by atomic mass is 10.3. The summed E-state index contributed by atoms with van der Waals surface area (Å²) in [6.45, 7) is -0.371. The van der Waals surface area contributed by atoms with Gasteiger partial charge in [0.05, 0.1) is 14.1 Å². The maximum absolute atomic E-state index is 12.4. The average molecular weight is 190 g/mol. The molecule has 0 atom stereocenters. The van der Waals surface area contributed by atoms with E-state index in [9.17, 15) is 4.39 Å². The number of para-hydroxylation sites is 1. The van der Waals surface area contributed by atoms with E-state index in [0.717, 1.165) is 5.69 Å². The van der Waals surface area contributed by atoms with Crippen molar-refractivity contribution in [2.24, 2.45) is 0 Å². The van der Waals surface area contributed by atoms with Crippen LogP contribution in [0.2, 0.25) is 0 Å². The molecule has 1 nitrogen and oxygen atoms in total. The summed E-state index contributed by atoms with van der Waals surface area (Å²) in [5, 5.41) is 0. The molecule has 0 saturated carbocycles. The largest absolute Gasteiger partial charge is 1.00 e. The summed E-state index contributed by atoms with van der Waals surface area (Å²) >= 11 is 0. The summed E-state index contributed by atoms with van der Waals surface area (Å²) in [6.07, 6.45) is 0. The molecular formula is C9H13ClFN. The molecule has 0 saturated heterocycles. The summed E-state index contributed by atoms with van der Waals surface area (Å²) in [5.41, 5.74) is 0.995. The van der Waals surface area contributed by atoms with Crippen LogP contribution in [0.5, 0.6) is 0 Å². The smallest absolute Gasteiger partial charge is 0.226 e. The van der Waals surface area contributed by atoms with E-state index in [4.69, 9.17) is 0 Å². The zero-order valence-corrected chi connectivity index (χ0v) is 8.05. The van der Waals surface area contributed by atoms with Crippen LogP contribution in [0.25, 0.3) is 0 Å². The Balaban J connectivity index is 0.00000121. The number of alkyl halides is 1. The van der Waals surface area contributed by atoms with Crippen molar-refractivity contribution in [3.05, 3.63) is 30.3 Å². The van der Waals surface area contributed by atoms with Crippen LogP contribution >= 0.6 is 0 Å². The van der Waals surface area contributed by atoms with Crippen molar-refractivity contribution in [1.82, 2.24) is 4.48 Å². The molecule has 0 N–H and O–H groups in total. The third kappa shape index (κ3) is 2.47. The van der Waals surface area contributed by atoms with Gasteiger partial charge in [-0.1, -0.05) is 18.2 Å². The van der Waals surface area contributed by atoms with Gasteiger partial charge in [-0.15, -0.1) is 0 Å². The van der Waals surface area contributed by atoms with Crippen LogP contribution < -0.4 is 16.9 Å². The minimum atomic E-state index is -0.371. The fraction of sp³-hybridized carbons (Fsp3) is 0.333. The Morgan fingerprint density at radius 2 is 1.67 bits per heavy atom. The van der Waals surface area contributed by atoms with Gasteiger partial charge in [0, 0.05) is 0 Å². The van der Waals surface area contributed by atoms with Gasteiger partial charge < -0.3 is 12.4 Å². The number of rotatable bonds is 2. The Kier molecular flexibility index (Phi) is 4.21. The van der Waals surface area contributed by atoms with Crippen LogP contribution in [0.4, 0.5) is 10.1 Å². The molecule has 0 unspecified atom stereocenters. The van der Waals surface area contributed by atoms with Crippen LogP contribution in [-0.2, 0) is 0 Å². The first kappa shape index (κ1) is 11.4. The fourth-order valence-corrected chi connectivity index (χ4v) is 0.901. The number of halogens is 2. The second kappa shape index (κ2) is 4.43. The SMILES string of the molecule is C[N+](C)(CF)c1ccccc1.[Cl-]. The summed E-state index contributed by atoms with van der Waals surface area (Å²) in [7, 11) is 3.69. The van der Waals surface area contributed by atoms with Gasteiger partial charge in [0.1, 0.15) is 5.69 Å². The normalized spacial score (nSPS) is 10.6. The van der Waals surface area contributed by atoms with Crippen LogP contribution in [0.1, 0.15) is 0 Å². The molecule has 0 radical (unpaired) electrons. The molecule has 0 bridgehead atoms. The van der Waals surface area contributed by atoms with E-state index in [2.05, 4.69) is 0 Å². The van der Waals surface area contributed by atoms with Crippen LogP contribution in [-0.4, -0.2) is 20.9 Å². The number of quaternary nitrogens is 1. The number of benzene rings is 1. The maximum Gasteiger partial charge on any atom is 0.226 e. The van der Waals surface area contributed by atoms with Crippen LogP contribution in [0, 0.1) is 0 Å². The van der Waals surface area contributed by atoms with E-state index in [1.165, 1.54) is 0 Å². The fourth-order valence-electron chi connectivity index (χ4n) is 0.901. The highest BCUT2D eigenvalue weighted by molar-refractivity contribution is 5.40. The van der Waals surface area contributed by atoms with E-state index in [-0.39, 0.29) is 19.2 Å². The molecular weight excluding hydrogens is 177 g/mol. The Bertz CT molecular complexity index is 223. The lowest BCUT2D eigenvalue weighted by molar-refractivity contribution is -0.00000281. The van der Waals surface area contributed by atoms with Crippen LogP contribution in [0.15, 0.2) is 30.3 Å². The van der Waals surface area contributed by atoms with E-state index in [1.54, 1.807) is 0 Å². The topological polar surface area (TPSA) is 0 Å². The highest BCUT2D eigenvalue weighted by Crippen LogP contribution is 2.17. The van der Waals surface area contributed by atoms with Gasteiger partial charge in [-0.3, -0.25) is 4.48 Å². The van der Waals surface area contributed by atoms with E-state index >= 15 is 0 Å². The Morgan fingerprint density at radius 3 is 2.08 bits per heavy atom. The van der Waals surface area contributed by atoms with Gasteiger partial charge in [0.25, 0.3) is 0 Å². The third-order valence-corrected chi connectivity index (χ3v) is 1.75. The average Bonchev–Trinajstić information content (AvgIpc) is 2.06. The molecule has 1 aromatic rings. The molecule has 0 amide bonds. The standard InChI is InChI=1S/C9H13FN.ClH/c1-11(2,8-10)9-6-4-3-5-7-9;/h3-7H,8H2,1-2H3;1H/q+1;/p-1. The first-order valence-corrected chi connectivity index (χ1v) is 3.61. The van der Waals surface area contributed by atoms with E-state index in [0.29, 0.717) is 4.48 Å². The van der Waals surface area contributed by atoms with Crippen LogP contribution in [0.3, 0.4) is 0 Å². The second-order valence-corrected chi connectivity index (χ2v) is 3.14. The van der Waals surface area contributed by atoms with Gasteiger partial charge in [0.2, 0.25) is 6.80 Å². The Morgan fingerprint density at radius 1 is 1.17 bits per heavy atom. The van der Waals surface area contributed by atoms with Gasteiger partial charge in [-0.2, -0.15) is 4.39 Å². The first-order chi connectivity index (χ1) is 5.17. The quantitative estimate of drug-likeness (QED) is 0.422. The maximum atomic E-state index is 12.4. The summed E-state index contributed by atoms with van der Waals surface area (Å²) in [6, 6.07) is 9.64. The zero-order valence-electron chi connectivity index (χ0n) is 7.30. The molecule has 0 aliphatic rings. The molecule has 0 spiro atoms. The summed E-state index contributed by atoms with van der Waals surface area (Å²) in [4.78, 5) is 0. The molecule has 3 heteroatoms. The van der Waals surface area contributed by atoms with Crippen molar-refractivity contribution in [1.29, 1.82) is 0 Å². The third-order valence-electron chi connectivity index (χ3n) is 1.75. The van der Waals surface area contributed by atoms with Gasteiger partial charge >= 0.3 is 0 Å². The molecule has 1 rings (SSSR count).